The van der Waals surface area contributed by atoms with Crippen LogP contribution in [0.1, 0.15) is 40.7 Å². The number of carbonyl (C=O) groups excluding carboxylic acids is 2. The van der Waals surface area contributed by atoms with Crippen LogP contribution >= 0.6 is 0 Å². The Hall–Kier alpha value is -3.18. The topological polar surface area (TPSA) is 111 Å². The molecule has 8 heteroatoms. The molecule has 0 aliphatic carbocycles. The van der Waals surface area contributed by atoms with Crippen LogP contribution in [0.5, 0.6) is 0 Å². The molecule has 1 aliphatic heterocycles. The van der Waals surface area contributed by atoms with Crippen molar-refractivity contribution in [3.63, 3.8) is 0 Å². The molecule has 2 N–H and O–H groups in total. The third-order valence-electron chi connectivity index (χ3n) is 4.76. The van der Waals surface area contributed by atoms with Crippen LogP contribution in [0.4, 0.5) is 0 Å². The fraction of sp³-hybridized carbons (Fsp3) is 0.400. The summed E-state index contributed by atoms with van der Waals surface area (Å²) in [5.41, 5.74) is 1.73. The number of rotatable bonds is 6. The van der Waals surface area contributed by atoms with Crippen LogP contribution in [0.3, 0.4) is 0 Å². The lowest BCUT2D eigenvalue weighted by Crippen LogP contribution is -2.41. The number of amides is 2. The minimum absolute atomic E-state index is 0.0577. The predicted octanol–water partition coefficient (Wildman–Crippen LogP) is 1.23. The van der Waals surface area contributed by atoms with E-state index in [-0.39, 0.29) is 23.9 Å². The molecule has 1 saturated heterocycles. The molecule has 0 spiro atoms. The standard InChI is InChI=1S/C20H23N5O3/c1-3-15-8-17(28-24-15)12-25(2)20(27)18-9-16(11-22-18)23-19(26)14-6-4-5-13(7-14)10-21/h4-8,16,18,22H,3,9,11-12H2,1-2H3,(H,23,26)/t16-,18+/m1/s1. The number of aromatic nitrogens is 1. The van der Waals surface area contributed by atoms with Crippen molar-refractivity contribution in [2.24, 2.45) is 0 Å². The maximum absolute atomic E-state index is 12.7. The number of hydrogen-bond donors (Lipinski definition) is 2. The van der Waals surface area contributed by atoms with Crippen LogP contribution in [0.2, 0.25) is 0 Å². The number of aryl methyl sites for hydroxylation is 1. The third kappa shape index (κ3) is 4.56. The Bertz CT molecular complexity index is 901. The minimum Gasteiger partial charge on any atom is -0.359 e. The van der Waals surface area contributed by atoms with Crippen LogP contribution in [0.15, 0.2) is 34.9 Å². The summed E-state index contributed by atoms with van der Waals surface area (Å²) in [6, 6.07) is 9.89. The average molecular weight is 381 g/mol. The van der Waals surface area contributed by atoms with Gasteiger partial charge in [-0.25, -0.2) is 0 Å². The fourth-order valence-electron chi connectivity index (χ4n) is 3.21. The smallest absolute Gasteiger partial charge is 0.251 e. The average Bonchev–Trinajstić information content (AvgIpc) is 3.36. The lowest BCUT2D eigenvalue weighted by Gasteiger charge is -2.20. The molecule has 146 valence electrons. The third-order valence-corrected chi connectivity index (χ3v) is 4.76. The molecule has 1 aromatic carbocycles. The van der Waals surface area contributed by atoms with Gasteiger partial charge in [0.05, 0.1) is 29.9 Å². The van der Waals surface area contributed by atoms with Gasteiger partial charge < -0.3 is 20.1 Å². The van der Waals surface area contributed by atoms with E-state index >= 15 is 0 Å². The summed E-state index contributed by atoms with van der Waals surface area (Å²) in [6.07, 6.45) is 1.29. The van der Waals surface area contributed by atoms with E-state index in [9.17, 15) is 9.59 Å². The van der Waals surface area contributed by atoms with Crippen molar-refractivity contribution in [3.8, 4) is 6.07 Å². The maximum atomic E-state index is 12.7. The highest BCUT2D eigenvalue weighted by atomic mass is 16.5. The Kier molecular flexibility index (Phi) is 6.06. The molecule has 2 heterocycles. The first-order valence-corrected chi connectivity index (χ1v) is 9.24. The summed E-state index contributed by atoms with van der Waals surface area (Å²) in [4.78, 5) is 26.6. The van der Waals surface area contributed by atoms with Gasteiger partial charge in [-0.1, -0.05) is 18.1 Å². The molecule has 1 aromatic heterocycles. The van der Waals surface area contributed by atoms with Crippen LogP contribution in [-0.4, -0.2) is 47.5 Å². The van der Waals surface area contributed by atoms with Crippen molar-refractivity contribution in [1.82, 2.24) is 20.7 Å². The molecule has 2 atom stereocenters. The molecule has 1 fully saturated rings. The molecule has 2 aromatic rings. The Labute approximate surface area is 163 Å². The van der Waals surface area contributed by atoms with Crippen molar-refractivity contribution in [1.29, 1.82) is 5.26 Å². The number of nitrogens with zero attached hydrogens (tertiary/aromatic N) is 3. The number of likely N-dealkylation sites (N-methyl/N-ethyl adjacent to an activating group) is 1. The molecule has 1 aliphatic rings. The number of nitriles is 1. The van der Waals surface area contributed by atoms with E-state index in [0.717, 1.165) is 12.1 Å². The summed E-state index contributed by atoms with van der Waals surface area (Å²) in [5, 5.41) is 19.0. The molecular formula is C20H23N5O3. The van der Waals surface area contributed by atoms with Gasteiger partial charge in [-0.3, -0.25) is 9.59 Å². The van der Waals surface area contributed by atoms with E-state index in [4.69, 9.17) is 9.78 Å². The largest absolute Gasteiger partial charge is 0.359 e. The van der Waals surface area contributed by atoms with E-state index < -0.39 is 0 Å². The predicted molar refractivity (Wildman–Crippen MR) is 101 cm³/mol. The van der Waals surface area contributed by atoms with Crippen molar-refractivity contribution in [3.05, 3.63) is 52.9 Å². The van der Waals surface area contributed by atoms with Crippen LogP contribution in [0.25, 0.3) is 0 Å². The number of nitrogens with one attached hydrogen (secondary N) is 2. The zero-order chi connectivity index (χ0) is 20.1. The summed E-state index contributed by atoms with van der Waals surface area (Å²) in [5.74, 6) is 0.338. The van der Waals surface area contributed by atoms with E-state index in [1.807, 2.05) is 19.1 Å². The van der Waals surface area contributed by atoms with Crippen molar-refractivity contribution < 1.29 is 14.1 Å². The second-order valence-corrected chi connectivity index (χ2v) is 6.89. The molecule has 0 bridgehead atoms. The van der Waals surface area contributed by atoms with Gasteiger partial charge in [0.1, 0.15) is 0 Å². The monoisotopic (exact) mass is 381 g/mol. The van der Waals surface area contributed by atoms with E-state index in [1.54, 1.807) is 36.2 Å². The lowest BCUT2D eigenvalue weighted by atomic mass is 10.1. The van der Waals surface area contributed by atoms with Crippen LogP contribution in [0, 0.1) is 11.3 Å². The van der Waals surface area contributed by atoms with Crippen LogP contribution < -0.4 is 10.6 Å². The van der Waals surface area contributed by atoms with Gasteiger partial charge in [0.2, 0.25) is 5.91 Å². The van der Waals surface area contributed by atoms with Crippen LogP contribution in [-0.2, 0) is 17.8 Å². The quantitative estimate of drug-likeness (QED) is 0.778. The van der Waals surface area contributed by atoms with Crippen molar-refractivity contribution in [2.45, 2.75) is 38.4 Å². The second-order valence-electron chi connectivity index (χ2n) is 6.89. The first kappa shape index (κ1) is 19.6. The van der Waals surface area contributed by atoms with Crippen molar-refractivity contribution in [2.75, 3.05) is 13.6 Å². The van der Waals surface area contributed by atoms with Gasteiger partial charge in [0.25, 0.3) is 5.91 Å². The highest BCUT2D eigenvalue weighted by Gasteiger charge is 2.32. The molecule has 2 amide bonds. The van der Waals surface area contributed by atoms with Gasteiger partial charge in [0, 0.05) is 31.3 Å². The molecule has 3 rings (SSSR count). The molecular weight excluding hydrogens is 358 g/mol. The Balaban J connectivity index is 1.53. The molecule has 28 heavy (non-hydrogen) atoms. The lowest BCUT2D eigenvalue weighted by molar-refractivity contribution is -0.132. The highest BCUT2D eigenvalue weighted by Crippen LogP contribution is 2.13. The van der Waals surface area contributed by atoms with E-state index in [2.05, 4.69) is 15.8 Å². The number of hydrogen-bond acceptors (Lipinski definition) is 6. The highest BCUT2D eigenvalue weighted by molar-refractivity contribution is 5.94. The zero-order valence-corrected chi connectivity index (χ0v) is 15.9. The first-order chi connectivity index (χ1) is 13.5. The first-order valence-electron chi connectivity index (χ1n) is 9.24. The van der Waals surface area contributed by atoms with Crippen molar-refractivity contribution >= 4 is 11.8 Å². The zero-order valence-electron chi connectivity index (χ0n) is 15.9. The van der Waals surface area contributed by atoms with Gasteiger partial charge in [-0.2, -0.15) is 5.26 Å². The normalized spacial score (nSPS) is 18.5. The summed E-state index contributed by atoms with van der Waals surface area (Å²) in [7, 11) is 1.72. The number of carbonyl (C=O) groups is 2. The van der Waals surface area contributed by atoms with Gasteiger partial charge in [-0.05, 0) is 31.0 Å². The Morgan fingerprint density at radius 3 is 2.96 bits per heavy atom. The summed E-state index contributed by atoms with van der Waals surface area (Å²) in [6.45, 7) is 2.85. The minimum atomic E-state index is -0.366. The Morgan fingerprint density at radius 2 is 2.25 bits per heavy atom. The number of benzene rings is 1. The van der Waals surface area contributed by atoms with Gasteiger partial charge in [0.15, 0.2) is 5.76 Å². The summed E-state index contributed by atoms with van der Waals surface area (Å²) >= 11 is 0. The molecule has 0 unspecified atom stereocenters. The second kappa shape index (κ2) is 8.67. The van der Waals surface area contributed by atoms with E-state index in [0.29, 0.717) is 36.4 Å². The molecule has 0 radical (unpaired) electrons. The maximum Gasteiger partial charge on any atom is 0.251 e. The van der Waals surface area contributed by atoms with Gasteiger partial charge in [-0.15, -0.1) is 0 Å². The molecule has 8 nitrogen and oxygen atoms in total. The summed E-state index contributed by atoms with van der Waals surface area (Å²) < 4.78 is 5.24. The molecule has 0 saturated carbocycles. The van der Waals surface area contributed by atoms with Gasteiger partial charge >= 0.3 is 0 Å². The fourth-order valence-corrected chi connectivity index (χ4v) is 3.21. The Morgan fingerprint density at radius 1 is 1.43 bits per heavy atom. The SMILES string of the molecule is CCc1cc(CN(C)C(=O)[C@@H]2C[C@@H](NC(=O)c3cccc(C#N)c3)CN2)on1. The van der Waals surface area contributed by atoms with E-state index in [1.165, 1.54) is 0 Å².